The third-order valence-electron chi connectivity index (χ3n) is 3.49. The van der Waals surface area contributed by atoms with Crippen LogP contribution in [0, 0.1) is 5.82 Å². The van der Waals surface area contributed by atoms with Gasteiger partial charge < -0.3 is 10.1 Å². The first kappa shape index (κ1) is 16.0. The number of benzene rings is 2. The van der Waals surface area contributed by atoms with Crippen molar-refractivity contribution in [2.45, 2.75) is 12.5 Å². The van der Waals surface area contributed by atoms with Crippen molar-refractivity contribution in [1.82, 2.24) is 5.32 Å². The molecule has 1 atom stereocenters. The molecule has 0 amide bonds. The summed E-state index contributed by atoms with van der Waals surface area (Å²) in [5.74, 6) is -0.373. The Morgan fingerprint density at radius 3 is 2.52 bits per heavy atom. The van der Waals surface area contributed by atoms with Crippen LogP contribution in [0.25, 0.3) is 0 Å². The van der Waals surface area contributed by atoms with Crippen LogP contribution in [0.15, 0.2) is 42.5 Å². The van der Waals surface area contributed by atoms with Crippen LogP contribution < -0.4 is 5.32 Å². The molecule has 0 aliphatic carbocycles. The Morgan fingerprint density at radius 1 is 1.19 bits per heavy atom. The summed E-state index contributed by atoms with van der Waals surface area (Å²) in [6.07, 6.45) is 0.868. The van der Waals surface area contributed by atoms with Gasteiger partial charge in [-0.1, -0.05) is 48.0 Å². The van der Waals surface area contributed by atoms with Crippen LogP contribution in [0.1, 0.15) is 22.7 Å². The number of nitrogens with one attached hydrogen (secondary N) is 1. The minimum Gasteiger partial charge on any atom is -0.384 e. The molecule has 2 aromatic rings. The first-order valence-electron chi connectivity index (χ1n) is 6.86. The summed E-state index contributed by atoms with van der Waals surface area (Å²) in [7, 11) is 3.50. The molecule has 0 bridgehead atoms. The second-order valence-corrected chi connectivity index (χ2v) is 5.26. The standard InChI is InChI=1S/C17H19ClFNO/c1-20-17(14-4-3-5-15(18)16(14)19)13-8-6-12(7-9-13)10-11-21-2/h3-9,17,20H,10-11H2,1-2H3. The largest absolute Gasteiger partial charge is 0.384 e. The van der Waals surface area contributed by atoms with Crippen molar-refractivity contribution in [3.05, 3.63) is 70.0 Å². The molecule has 2 rings (SSSR count). The minimum atomic E-state index is -0.373. The van der Waals surface area contributed by atoms with E-state index in [0.717, 1.165) is 12.0 Å². The van der Waals surface area contributed by atoms with Crippen molar-refractivity contribution < 1.29 is 9.13 Å². The van der Waals surface area contributed by atoms with Gasteiger partial charge in [0.25, 0.3) is 0 Å². The molecule has 0 aromatic heterocycles. The van der Waals surface area contributed by atoms with Gasteiger partial charge in [0.2, 0.25) is 0 Å². The Kier molecular flexibility index (Phi) is 5.74. The summed E-state index contributed by atoms with van der Waals surface area (Å²) in [5, 5.41) is 3.29. The molecule has 112 valence electrons. The lowest BCUT2D eigenvalue weighted by molar-refractivity contribution is 0.202. The second kappa shape index (κ2) is 7.55. The first-order chi connectivity index (χ1) is 10.2. The molecule has 0 saturated carbocycles. The number of hydrogen-bond acceptors (Lipinski definition) is 2. The zero-order valence-corrected chi connectivity index (χ0v) is 13.0. The van der Waals surface area contributed by atoms with E-state index >= 15 is 0 Å². The van der Waals surface area contributed by atoms with Gasteiger partial charge in [-0.15, -0.1) is 0 Å². The monoisotopic (exact) mass is 307 g/mol. The second-order valence-electron chi connectivity index (χ2n) is 4.85. The van der Waals surface area contributed by atoms with Gasteiger partial charge in [0.05, 0.1) is 17.7 Å². The van der Waals surface area contributed by atoms with E-state index in [1.807, 2.05) is 31.3 Å². The molecule has 1 N–H and O–H groups in total. The molecule has 0 saturated heterocycles. The smallest absolute Gasteiger partial charge is 0.146 e. The Labute approximate surface area is 129 Å². The number of methoxy groups -OCH3 is 1. The fraction of sp³-hybridized carbons (Fsp3) is 0.294. The van der Waals surface area contributed by atoms with Crippen molar-refractivity contribution >= 4 is 11.6 Å². The van der Waals surface area contributed by atoms with Gasteiger partial charge in [0.15, 0.2) is 0 Å². The molecular weight excluding hydrogens is 289 g/mol. The van der Waals surface area contributed by atoms with E-state index < -0.39 is 0 Å². The maximum absolute atomic E-state index is 14.2. The Bertz CT molecular complexity index is 586. The van der Waals surface area contributed by atoms with E-state index in [9.17, 15) is 4.39 Å². The molecule has 0 radical (unpaired) electrons. The SMILES string of the molecule is CNC(c1ccc(CCOC)cc1)c1cccc(Cl)c1F. The van der Waals surface area contributed by atoms with Gasteiger partial charge >= 0.3 is 0 Å². The molecule has 4 heteroatoms. The predicted octanol–water partition coefficient (Wildman–Crippen LogP) is 3.98. The van der Waals surface area contributed by atoms with Crippen molar-refractivity contribution in [2.24, 2.45) is 0 Å². The lowest BCUT2D eigenvalue weighted by atomic mass is 9.97. The fourth-order valence-corrected chi connectivity index (χ4v) is 2.52. The van der Waals surface area contributed by atoms with Gasteiger partial charge in [-0.2, -0.15) is 0 Å². The minimum absolute atomic E-state index is 0.143. The summed E-state index contributed by atoms with van der Waals surface area (Å²) >= 11 is 5.87. The highest BCUT2D eigenvalue weighted by Gasteiger charge is 2.17. The molecule has 2 nitrogen and oxygen atoms in total. The average molecular weight is 308 g/mol. The van der Waals surface area contributed by atoms with E-state index in [0.29, 0.717) is 12.2 Å². The number of halogens is 2. The van der Waals surface area contributed by atoms with Gasteiger partial charge in [0.1, 0.15) is 5.82 Å². The average Bonchev–Trinajstić information content (AvgIpc) is 2.51. The van der Waals surface area contributed by atoms with E-state index in [-0.39, 0.29) is 16.9 Å². The molecule has 0 aliphatic rings. The summed E-state index contributed by atoms with van der Waals surface area (Å²) in [4.78, 5) is 0. The Balaban J connectivity index is 2.27. The zero-order valence-electron chi connectivity index (χ0n) is 12.2. The number of rotatable bonds is 6. The molecule has 0 aliphatic heterocycles. The van der Waals surface area contributed by atoms with Crippen LogP contribution in [-0.2, 0) is 11.2 Å². The molecule has 1 unspecified atom stereocenters. The Hall–Kier alpha value is -1.42. The van der Waals surface area contributed by atoms with Crippen molar-refractivity contribution in [3.63, 3.8) is 0 Å². The summed E-state index contributed by atoms with van der Waals surface area (Å²) in [6.45, 7) is 0.692. The maximum atomic E-state index is 14.2. The molecular formula is C17H19ClFNO. The van der Waals surface area contributed by atoms with E-state index in [1.165, 1.54) is 5.56 Å². The lowest BCUT2D eigenvalue weighted by Gasteiger charge is -2.18. The topological polar surface area (TPSA) is 21.3 Å². The van der Waals surface area contributed by atoms with Crippen molar-refractivity contribution in [1.29, 1.82) is 0 Å². The van der Waals surface area contributed by atoms with Gasteiger partial charge in [-0.05, 0) is 30.7 Å². The molecule has 0 spiro atoms. The quantitative estimate of drug-likeness (QED) is 0.871. The predicted molar refractivity (Wildman–Crippen MR) is 84.3 cm³/mol. The van der Waals surface area contributed by atoms with Gasteiger partial charge in [0, 0.05) is 12.7 Å². The summed E-state index contributed by atoms with van der Waals surface area (Å²) < 4.78 is 19.2. The molecule has 0 heterocycles. The normalized spacial score (nSPS) is 12.4. The van der Waals surface area contributed by atoms with Crippen molar-refractivity contribution in [3.8, 4) is 0 Å². The molecule has 21 heavy (non-hydrogen) atoms. The highest BCUT2D eigenvalue weighted by atomic mass is 35.5. The van der Waals surface area contributed by atoms with Crippen LogP contribution in [0.5, 0.6) is 0 Å². The van der Waals surface area contributed by atoms with Gasteiger partial charge in [-0.25, -0.2) is 4.39 Å². The first-order valence-corrected chi connectivity index (χ1v) is 7.24. The van der Waals surface area contributed by atoms with Crippen molar-refractivity contribution in [2.75, 3.05) is 20.8 Å². The molecule has 2 aromatic carbocycles. The summed E-state index contributed by atoms with van der Waals surface area (Å²) in [6, 6.07) is 12.9. The zero-order chi connectivity index (χ0) is 15.2. The van der Waals surface area contributed by atoms with Gasteiger partial charge in [-0.3, -0.25) is 0 Å². The lowest BCUT2D eigenvalue weighted by Crippen LogP contribution is -2.19. The highest BCUT2D eigenvalue weighted by Crippen LogP contribution is 2.28. The van der Waals surface area contributed by atoms with Crippen LogP contribution in [0.2, 0.25) is 5.02 Å². The van der Waals surface area contributed by atoms with Crippen LogP contribution in [0.3, 0.4) is 0 Å². The maximum Gasteiger partial charge on any atom is 0.146 e. The van der Waals surface area contributed by atoms with Crippen LogP contribution >= 0.6 is 11.6 Å². The number of hydrogen-bond donors (Lipinski definition) is 1. The third kappa shape index (κ3) is 3.82. The van der Waals surface area contributed by atoms with E-state index in [4.69, 9.17) is 16.3 Å². The van der Waals surface area contributed by atoms with Crippen LogP contribution in [-0.4, -0.2) is 20.8 Å². The van der Waals surface area contributed by atoms with E-state index in [1.54, 1.807) is 25.3 Å². The van der Waals surface area contributed by atoms with E-state index in [2.05, 4.69) is 5.32 Å². The molecule has 0 fully saturated rings. The fourth-order valence-electron chi connectivity index (χ4n) is 2.34. The highest BCUT2D eigenvalue weighted by molar-refractivity contribution is 6.30. The Morgan fingerprint density at radius 2 is 1.90 bits per heavy atom. The van der Waals surface area contributed by atoms with Crippen LogP contribution in [0.4, 0.5) is 4.39 Å². The third-order valence-corrected chi connectivity index (χ3v) is 3.78. The summed E-state index contributed by atoms with van der Waals surface area (Å²) in [5.41, 5.74) is 2.75. The number of ether oxygens (including phenoxy) is 1.